The van der Waals surface area contributed by atoms with Crippen molar-refractivity contribution < 1.29 is 8.42 Å². The summed E-state index contributed by atoms with van der Waals surface area (Å²) < 4.78 is 23.7. The Balaban J connectivity index is 2.02. The van der Waals surface area contributed by atoms with Gasteiger partial charge in [0.25, 0.3) is 0 Å². The number of hydrogen-bond donors (Lipinski definition) is 2. The molecule has 0 bridgehead atoms. The monoisotopic (exact) mass is 334 g/mol. The first-order valence-electron chi connectivity index (χ1n) is 6.55. The average molecular weight is 335 g/mol. The smallest absolute Gasteiger partial charge is 0.234 e. The number of hydrogen-bond acceptors (Lipinski definition) is 4. The summed E-state index contributed by atoms with van der Waals surface area (Å²) in [6, 6.07) is 7.51. The first-order valence-corrected chi connectivity index (χ1v) is 9.52. The molecule has 1 saturated carbocycles. The molecule has 0 radical (unpaired) electrons. The van der Waals surface area contributed by atoms with Gasteiger partial charge >= 0.3 is 0 Å². The summed E-state index contributed by atoms with van der Waals surface area (Å²) in [7, 11) is -3.36. The van der Waals surface area contributed by atoms with Gasteiger partial charge in [-0.3, -0.25) is 0 Å². The number of benzene rings is 1. The zero-order chi connectivity index (χ0) is 14.8. The zero-order valence-electron chi connectivity index (χ0n) is 11.5. The molecule has 1 aliphatic rings. The minimum absolute atomic E-state index is 0.283. The Kier molecular flexibility index (Phi) is 5.02. The molecule has 1 aromatic rings. The van der Waals surface area contributed by atoms with E-state index in [0.717, 1.165) is 24.2 Å². The van der Waals surface area contributed by atoms with Gasteiger partial charge in [0.1, 0.15) is 4.58 Å². The fourth-order valence-electron chi connectivity index (χ4n) is 1.96. The predicted molar refractivity (Wildman–Crippen MR) is 85.1 cm³/mol. The first-order chi connectivity index (χ1) is 9.39. The summed E-state index contributed by atoms with van der Waals surface area (Å²) in [6.07, 6.45) is 1.82. The quantitative estimate of drug-likeness (QED) is 0.753. The van der Waals surface area contributed by atoms with Crippen LogP contribution < -0.4 is 10.3 Å². The molecule has 0 spiro atoms. The Morgan fingerprint density at radius 3 is 2.45 bits per heavy atom. The van der Waals surface area contributed by atoms with E-state index in [9.17, 15) is 8.42 Å². The van der Waals surface area contributed by atoms with Crippen LogP contribution in [-0.2, 0) is 15.6 Å². The summed E-state index contributed by atoms with van der Waals surface area (Å²) in [5.41, 5.74) is 3.76. The van der Waals surface area contributed by atoms with E-state index in [1.165, 1.54) is 11.8 Å². The van der Waals surface area contributed by atoms with Gasteiger partial charge in [-0.25, -0.2) is 13.8 Å². The van der Waals surface area contributed by atoms with E-state index in [1.807, 2.05) is 31.2 Å². The van der Waals surface area contributed by atoms with Crippen LogP contribution in [0.1, 0.15) is 32.3 Å². The zero-order valence-corrected chi connectivity index (χ0v) is 13.9. The first kappa shape index (κ1) is 16.1. The lowest BCUT2D eigenvalue weighted by Gasteiger charge is -2.20. The van der Waals surface area contributed by atoms with Gasteiger partial charge in [0.15, 0.2) is 0 Å². The second-order valence-corrected chi connectivity index (χ2v) is 9.24. The summed E-state index contributed by atoms with van der Waals surface area (Å²) >= 11 is 7.27. The summed E-state index contributed by atoms with van der Waals surface area (Å²) in [4.78, 5) is 2.53. The topological polar surface area (TPSA) is 58.2 Å². The molecule has 112 valence electrons. The van der Waals surface area contributed by atoms with E-state index in [4.69, 9.17) is 11.6 Å². The lowest BCUT2D eigenvalue weighted by Crippen LogP contribution is -2.46. The van der Waals surface area contributed by atoms with Crippen molar-refractivity contribution in [3.63, 3.8) is 0 Å². The Bertz CT molecular complexity index is 556. The minimum Gasteiger partial charge on any atom is -0.234 e. The number of rotatable bonds is 7. The Morgan fingerprint density at radius 2 is 1.95 bits per heavy atom. The summed E-state index contributed by atoms with van der Waals surface area (Å²) in [5.74, 6) is 0.768. The SMILES string of the molecule is CCSC(C)S(=O)(=O)NNC1(c2ccc(Cl)cc2)CC1. The second-order valence-electron chi connectivity index (χ2n) is 4.88. The number of sulfonamides is 1. The van der Waals surface area contributed by atoms with Crippen LogP contribution in [0.25, 0.3) is 0 Å². The van der Waals surface area contributed by atoms with Crippen molar-refractivity contribution in [2.24, 2.45) is 0 Å². The van der Waals surface area contributed by atoms with Crippen LogP contribution in [0, 0.1) is 0 Å². The van der Waals surface area contributed by atoms with E-state index in [-0.39, 0.29) is 5.54 Å². The fourth-order valence-corrected chi connectivity index (χ4v) is 4.32. The van der Waals surface area contributed by atoms with E-state index in [1.54, 1.807) is 6.92 Å². The van der Waals surface area contributed by atoms with Gasteiger partial charge in [-0.2, -0.15) is 0 Å². The lowest BCUT2D eigenvalue weighted by atomic mass is 10.1. The molecule has 1 aliphatic carbocycles. The van der Waals surface area contributed by atoms with Crippen molar-refractivity contribution in [2.45, 2.75) is 36.8 Å². The predicted octanol–water partition coefficient (Wildman–Crippen LogP) is 2.85. The molecule has 4 nitrogen and oxygen atoms in total. The normalized spacial score (nSPS) is 18.8. The molecule has 1 aromatic carbocycles. The number of thioether (sulfide) groups is 1. The number of hydrazine groups is 1. The van der Waals surface area contributed by atoms with Crippen LogP contribution in [0.4, 0.5) is 0 Å². The van der Waals surface area contributed by atoms with Crippen molar-refractivity contribution in [3.05, 3.63) is 34.9 Å². The van der Waals surface area contributed by atoms with Crippen molar-refractivity contribution in [1.29, 1.82) is 0 Å². The van der Waals surface area contributed by atoms with Crippen LogP contribution in [-0.4, -0.2) is 18.8 Å². The molecule has 0 amide bonds. The highest BCUT2D eigenvalue weighted by molar-refractivity contribution is 8.12. The molecule has 7 heteroatoms. The maximum absolute atomic E-state index is 12.1. The highest BCUT2D eigenvalue weighted by Crippen LogP contribution is 2.45. The maximum atomic E-state index is 12.1. The van der Waals surface area contributed by atoms with Crippen molar-refractivity contribution in [1.82, 2.24) is 10.3 Å². The Morgan fingerprint density at radius 1 is 1.35 bits per heavy atom. The molecule has 2 N–H and O–H groups in total. The lowest BCUT2D eigenvalue weighted by molar-refractivity contribution is 0.477. The third-order valence-electron chi connectivity index (χ3n) is 3.42. The van der Waals surface area contributed by atoms with E-state index < -0.39 is 14.6 Å². The number of nitrogens with one attached hydrogen (secondary N) is 2. The van der Waals surface area contributed by atoms with Gasteiger partial charge in [0.05, 0.1) is 5.54 Å². The molecule has 1 fully saturated rings. The van der Waals surface area contributed by atoms with E-state index >= 15 is 0 Å². The summed E-state index contributed by atoms with van der Waals surface area (Å²) in [5, 5.41) is 0.679. The maximum Gasteiger partial charge on any atom is 0.236 e. The molecule has 1 atom stereocenters. The van der Waals surface area contributed by atoms with Crippen LogP contribution in [0.2, 0.25) is 5.02 Å². The standard InChI is InChI=1S/C13H19ClN2O2S2/c1-3-19-10(2)20(17,18)16-15-13(8-9-13)11-4-6-12(14)7-5-11/h4-7,10,15-16H,3,8-9H2,1-2H3. The van der Waals surface area contributed by atoms with Gasteiger partial charge in [0, 0.05) is 5.02 Å². The fraction of sp³-hybridized carbons (Fsp3) is 0.538. The molecule has 0 aliphatic heterocycles. The van der Waals surface area contributed by atoms with Gasteiger partial charge in [-0.1, -0.05) is 30.7 Å². The van der Waals surface area contributed by atoms with Crippen LogP contribution >= 0.6 is 23.4 Å². The highest BCUT2D eigenvalue weighted by atomic mass is 35.5. The van der Waals surface area contributed by atoms with Crippen molar-refractivity contribution >= 4 is 33.4 Å². The van der Waals surface area contributed by atoms with Gasteiger partial charge in [-0.05, 0) is 43.2 Å². The minimum atomic E-state index is -3.36. The molecular formula is C13H19ClN2O2S2. The Labute approximate surface area is 129 Å². The van der Waals surface area contributed by atoms with Gasteiger partial charge in [0.2, 0.25) is 10.0 Å². The van der Waals surface area contributed by atoms with Gasteiger partial charge < -0.3 is 0 Å². The van der Waals surface area contributed by atoms with Gasteiger partial charge in [-0.15, -0.1) is 16.6 Å². The molecule has 2 rings (SSSR count). The van der Waals surface area contributed by atoms with Crippen molar-refractivity contribution in [2.75, 3.05) is 5.75 Å². The third-order valence-corrected chi connectivity index (χ3v) is 6.90. The second kappa shape index (κ2) is 6.23. The van der Waals surface area contributed by atoms with Crippen LogP contribution in [0.3, 0.4) is 0 Å². The summed E-state index contributed by atoms with van der Waals surface area (Å²) in [6.45, 7) is 3.64. The number of halogens is 1. The molecule has 1 unspecified atom stereocenters. The van der Waals surface area contributed by atoms with Crippen LogP contribution in [0.15, 0.2) is 24.3 Å². The average Bonchev–Trinajstić information content (AvgIpc) is 3.19. The molecule has 20 heavy (non-hydrogen) atoms. The van der Waals surface area contributed by atoms with E-state index in [2.05, 4.69) is 10.3 Å². The highest BCUT2D eigenvalue weighted by Gasteiger charge is 2.45. The Hall–Kier alpha value is -0.270. The molecule has 0 heterocycles. The molecular weight excluding hydrogens is 316 g/mol. The van der Waals surface area contributed by atoms with Crippen LogP contribution in [0.5, 0.6) is 0 Å². The van der Waals surface area contributed by atoms with Crippen molar-refractivity contribution in [3.8, 4) is 0 Å². The third kappa shape index (κ3) is 3.68. The van der Waals surface area contributed by atoms with E-state index in [0.29, 0.717) is 5.02 Å². The molecule has 0 aromatic heterocycles. The molecule has 0 saturated heterocycles. The largest absolute Gasteiger partial charge is 0.236 e.